The van der Waals surface area contributed by atoms with Crippen molar-refractivity contribution in [3.05, 3.63) is 36.0 Å². The van der Waals surface area contributed by atoms with Gasteiger partial charge in [0, 0.05) is 31.7 Å². The highest BCUT2D eigenvalue weighted by molar-refractivity contribution is 5.94. The number of aromatic nitrogens is 1. The van der Waals surface area contributed by atoms with E-state index in [9.17, 15) is 0 Å². The lowest BCUT2D eigenvalue weighted by Gasteiger charge is -2.28. The first-order valence-electron chi connectivity index (χ1n) is 6.70. The normalized spacial score (nSPS) is 11.8. The number of benzene rings is 1. The molecule has 0 aliphatic rings. The van der Waals surface area contributed by atoms with Crippen molar-refractivity contribution in [3.8, 4) is 0 Å². The summed E-state index contributed by atoms with van der Waals surface area (Å²) in [5.41, 5.74) is 7.13. The smallest absolute Gasteiger partial charge is 0.136 e. The molecule has 0 saturated carbocycles. The SMILES string of the molecule is CN(CC(C)(C)C)c1ncc(CN)c2ccccc12. The molecule has 0 atom stereocenters. The molecule has 3 nitrogen and oxygen atoms in total. The lowest BCUT2D eigenvalue weighted by molar-refractivity contribution is 0.418. The molecule has 19 heavy (non-hydrogen) atoms. The molecule has 0 spiro atoms. The first kappa shape index (κ1) is 13.8. The number of pyridine rings is 1. The summed E-state index contributed by atoms with van der Waals surface area (Å²) in [5, 5.41) is 2.38. The van der Waals surface area contributed by atoms with Crippen molar-refractivity contribution in [3.63, 3.8) is 0 Å². The fourth-order valence-electron chi connectivity index (χ4n) is 2.49. The first-order valence-corrected chi connectivity index (χ1v) is 6.70. The second-order valence-corrected chi connectivity index (χ2v) is 6.27. The summed E-state index contributed by atoms with van der Waals surface area (Å²) < 4.78 is 0. The maximum atomic E-state index is 5.79. The largest absolute Gasteiger partial charge is 0.359 e. The van der Waals surface area contributed by atoms with Crippen LogP contribution >= 0.6 is 0 Å². The van der Waals surface area contributed by atoms with E-state index >= 15 is 0 Å². The minimum atomic E-state index is 0.240. The predicted molar refractivity (Wildman–Crippen MR) is 82.4 cm³/mol. The van der Waals surface area contributed by atoms with E-state index in [0.29, 0.717) is 6.54 Å². The quantitative estimate of drug-likeness (QED) is 0.918. The third-order valence-electron chi connectivity index (χ3n) is 3.15. The third-order valence-corrected chi connectivity index (χ3v) is 3.15. The number of fused-ring (bicyclic) bond motifs is 1. The van der Waals surface area contributed by atoms with Crippen molar-refractivity contribution in [2.75, 3.05) is 18.5 Å². The zero-order valence-electron chi connectivity index (χ0n) is 12.3. The number of nitrogens with zero attached hydrogens (tertiary/aromatic N) is 2. The number of hydrogen-bond acceptors (Lipinski definition) is 3. The van der Waals surface area contributed by atoms with Gasteiger partial charge >= 0.3 is 0 Å². The molecule has 0 amide bonds. The molecule has 0 radical (unpaired) electrons. The molecule has 0 aliphatic heterocycles. The van der Waals surface area contributed by atoms with Gasteiger partial charge in [-0.25, -0.2) is 4.98 Å². The van der Waals surface area contributed by atoms with E-state index in [-0.39, 0.29) is 5.41 Å². The standard InChI is InChI=1S/C16H23N3/c1-16(2,3)11-19(4)15-14-8-6-5-7-13(14)12(9-17)10-18-15/h5-8,10H,9,11,17H2,1-4H3. The van der Waals surface area contributed by atoms with Crippen LogP contribution in [0.2, 0.25) is 0 Å². The van der Waals surface area contributed by atoms with Crippen LogP contribution in [-0.4, -0.2) is 18.6 Å². The Morgan fingerprint density at radius 1 is 1.16 bits per heavy atom. The van der Waals surface area contributed by atoms with Crippen LogP contribution in [0.25, 0.3) is 10.8 Å². The van der Waals surface area contributed by atoms with Crippen molar-refractivity contribution < 1.29 is 0 Å². The Hall–Kier alpha value is -1.61. The molecular formula is C16H23N3. The van der Waals surface area contributed by atoms with Gasteiger partial charge in [-0.15, -0.1) is 0 Å². The van der Waals surface area contributed by atoms with E-state index in [1.807, 2.05) is 6.20 Å². The van der Waals surface area contributed by atoms with Gasteiger partial charge in [0.05, 0.1) is 0 Å². The van der Waals surface area contributed by atoms with Crippen LogP contribution in [0.5, 0.6) is 0 Å². The van der Waals surface area contributed by atoms with E-state index in [1.165, 1.54) is 10.8 Å². The zero-order chi connectivity index (χ0) is 14.0. The summed E-state index contributed by atoms with van der Waals surface area (Å²) in [4.78, 5) is 6.83. The van der Waals surface area contributed by atoms with Crippen molar-refractivity contribution >= 4 is 16.6 Å². The monoisotopic (exact) mass is 257 g/mol. The summed E-state index contributed by atoms with van der Waals surface area (Å²) >= 11 is 0. The average molecular weight is 257 g/mol. The highest BCUT2D eigenvalue weighted by Gasteiger charge is 2.17. The molecule has 0 fully saturated rings. The van der Waals surface area contributed by atoms with Gasteiger partial charge in [0.15, 0.2) is 0 Å². The highest BCUT2D eigenvalue weighted by atomic mass is 15.2. The maximum Gasteiger partial charge on any atom is 0.136 e. The summed E-state index contributed by atoms with van der Waals surface area (Å²) in [6, 6.07) is 8.34. The molecule has 102 valence electrons. The van der Waals surface area contributed by atoms with Crippen LogP contribution in [0.3, 0.4) is 0 Å². The molecule has 0 bridgehead atoms. The Bertz CT molecular complexity index is 570. The molecule has 0 aliphatic carbocycles. The fraction of sp³-hybridized carbons (Fsp3) is 0.438. The van der Waals surface area contributed by atoms with Crippen LogP contribution in [0.4, 0.5) is 5.82 Å². The minimum absolute atomic E-state index is 0.240. The Morgan fingerprint density at radius 2 is 1.79 bits per heavy atom. The van der Waals surface area contributed by atoms with E-state index in [1.54, 1.807) is 0 Å². The summed E-state index contributed by atoms with van der Waals surface area (Å²) in [6.45, 7) is 8.20. The lowest BCUT2D eigenvalue weighted by atomic mass is 9.96. The number of hydrogen-bond donors (Lipinski definition) is 1. The molecule has 2 N–H and O–H groups in total. The van der Waals surface area contributed by atoms with E-state index in [2.05, 4.69) is 62.0 Å². The van der Waals surface area contributed by atoms with Gasteiger partial charge < -0.3 is 10.6 Å². The van der Waals surface area contributed by atoms with E-state index in [4.69, 9.17) is 5.73 Å². The number of rotatable bonds is 3. The van der Waals surface area contributed by atoms with Gasteiger partial charge in [-0.3, -0.25) is 0 Å². The van der Waals surface area contributed by atoms with Crippen molar-refractivity contribution in [2.24, 2.45) is 11.1 Å². The zero-order valence-corrected chi connectivity index (χ0v) is 12.3. The maximum absolute atomic E-state index is 5.79. The lowest BCUT2D eigenvalue weighted by Crippen LogP contribution is -2.29. The Morgan fingerprint density at radius 3 is 2.37 bits per heavy atom. The van der Waals surface area contributed by atoms with E-state index in [0.717, 1.165) is 17.9 Å². The Balaban J connectivity index is 2.50. The minimum Gasteiger partial charge on any atom is -0.359 e. The average Bonchev–Trinajstić information content (AvgIpc) is 2.35. The molecule has 2 rings (SSSR count). The van der Waals surface area contributed by atoms with Crippen LogP contribution in [-0.2, 0) is 6.54 Å². The first-order chi connectivity index (χ1) is 8.92. The van der Waals surface area contributed by atoms with Gasteiger partial charge in [0.25, 0.3) is 0 Å². The fourth-order valence-corrected chi connectivity index (χ4v) is 2.49. The van der Waals surface area contributed by atoms with Crippen LogP contribution in [0, 0.1) is 5.41 Å². The van der Waals surface area contributed by atoms with Gasteiger partial charge in [-0.05, 0) is 16.4 Å². The summed E-state index contributed by atoms with van der Waals surface area (Å²) in [6.07, 6.45) is 1.90. The molecule has 1 heterocycles. The van der Waals surface area contributed by atoms with Crippen LogP contribution in [0.1, 0.15) is 26.3 Å². The topological polar surface area (TPSA) is 42.2 Å². The Labute approximate surface area is 115 Å². The molecule has 0 unspecified atom stereocenters. The van der Waals surface area contributed by atoms with E-state index < -0.39 is 0 Å². The molecule has 1 aromatic heterocycles. The van der Waals surface area contributed by atoms with Gasteiger partial charge in [0.1, 0.15) is 5.82 Å². The highest BCUT2D eigenvalue weighted by Crippen LogP contribution is 2.28. The Kier molecular flexibility index (Phi) is 3.76. The second-order valence-electron chi connectivity index (χ2n) is 6.27. The summed E-state index contributed by atoms with van der Waals surface area (Å²) in [7, 11) is 2.10. The van der Waals surface area contributed by atoms with Gasteiger partial charge in [0.2, 0.25) is 0 Å². The van der Waals surface area contributed by atoms with Gasteiger partial charge in [-0.1, -0.05) is 45.0 Å². The second kappa shape index (κ2) is 5.17. The summed E-state index contributed by atoms with van der Waals surface area (Å²) in [5.74, 6) is 1.03. The number of nitrogens with two attached hydrogens (primary N) is 1. The molecule has 2 aromatic rings. The van der Waals surface area contributed by atoms with Crippen LogP contribution < -0.4 is 10.6 Å². The molecule has 0 saturated heterocycles. The van der Waals surface area contributed by atoms with Crippen molar-refractivity contribution in [1.82, 2.24) is 4.98 Å². The number of anilines is 1. The van der Waals surface area contributed by atoms with Crippen molar-refractivity contribution in [2.45, 2.75) is 27.3 Å². The molecular weight excluding hydrogens is 234 g/mol. The van der Waals surface area contributed by atoms with Crippen molar-refractivity contribution in [1.29, 1.82) is 0 Å². The van der Waals surface area contributed by atoms with Gasteiger partial charge in [-0.2, -0.15) is 0 Å². The third kappa shape index (κ3) is 3.04. The molecule has 3 heteroatoms. The molecule has 1 aromatic carbocycles. The van der Waals surface area contributed by atoms with Crippen LogP contribution in [0.15, 0.2) is 30.5 Å². The predicted octanol–water partition coefficient (Wildman–Crippen LogP) is 3.18.